The summed E-state index contributed by atoms with van der Waals surface area (Å²) < 4.78 is 24.6. The summed E-state index contributed by atoms with van der Waals surface area (Å²) in [6.45, 7) is 3.37. The van der Waals surface area contributed by atoms with Gasteiger partial charge in [-0.05, 0) is 29.0 Å². The van der Waals surface area contributed by atoms with Crippen LogP contribution in [0.5, 0.6) is 0 Å². The molecule has 1 unspecified atom stereocenters. The van der Waals surface area contributed by atoms with Crippen molar-refractivity contribution in [2.45, 2.75) is 12.5 Å². The van der Waals surface area contributed by atoms with E-state index in [-0.39, 0.29) is 6.04 Å². The van der Waals surface area contributed by atoms with E-state index in [0.29, 0.717) is 17.2 Å². The highest BCUT2D eigenvalue weighted by Crippen LogP contribution is 2.21. The zero-order chi connectivity index (χ0) is 15.2. The van der Waals surface area contributed by atoms with E-state index in [9.17, 15) is 8.42 Å². The molecule has 0 radical (unpaired) electrons. The number of rotatable bonds is 2. The zero-order valence-corrected chi connectivity index (χ0v) is 12.9. The summed E-state index contributed by atoms with van der Waals surface area (Å²) in [7, 11) is -2.82. The average molecular weight is 323 g/mol. The van der Waals surface area contributed by atoms with Crippen molar-refractivity contribution in [1.82, 2.24) is 30.2 Å². The second kappa shape index (κ2) is 5.13. The van der Waals surface area contributed by atoms with Crippen LogP contribution in [0, 0.1) is 0 Å². The van der Waals surface area contributed by atoms with E-state index in [0.717, 1.165) is 38.4 Å². The second-order valence-corrected chi connectivity index (χ2v) is 8.03. The van der Waals surface area contributed by atoms with Gasteiger partial charge in [0.2, 0.25) is 0 Å². The van der Waals surface area contributed by atoms with Crippen LogP contribution >= 0.6 is 0 Å². The third kappa shape index (κ3) is 2.52. The Labute approximate surface area is 127 Å². The number of aromatic nitrogens is 5. The highest BCUT2D eigenvalue weighted by atomic mass is 32.2. The monoisotopic (exact) mass is 323 g/mol. The first kappa shape index (κ1) is 13.8. The van der Waals surface area contributed by atoms with E-state index < -0.39 is 9.84 Å². The molecule has 9 nitrogen and oxygen atoms in total. The van der Waals surface area contributed by atoms with Crippen LogP contribution < -0.4 is 4.90 Å². The van der Waals surface area contributed by atoms with Gasteiger partial charge in [0.25, 0.3) is 0 Å². The number of nitrogens with zero attached hydrogens (tertiary/aromatic N) is 7. The van der Waals surface area contributed by atoms with Crippen LogP contribution in [0.3, 0.4) is 0 Å². The molecule has 0 aromatic carbocycles. The fourth-order valence-electron chi connectivity index (χ4n) is 3.19. The van der Waals surface area contributed by atoms with Crippen molar-refractivity contribution >= 4 is 21.3 Å². The second-order valence-electron chi connectivity index (χ2n) is 5.80. The molecule has 22 heavy (non-hydrogen) atoms. The Morgan fingerprint density at radius 2 is 1.95 bits per heavy atom. The Morgan fingerprint density at radius 3 is 2.68 bits per heavy atom. The maximum atomic E-state index is 11.6. The molecule has 2 aliphatic heterocycles. The molecule has 2 aromatic rings. The molecule has 2 aromatic heterocycles. The van der Waals surface area contributed by atoms with Crippen LogP contribution in [0.25, 0.3) is 5.65 Å². The smallest absolute Gasteiger partial charge is 0.200 e. The predicted molar refractivity (Wildman–Crippen MR) is 79.4 cm³/mol. The van der Waals surface area contributed by atoms with Gasteiger partial charge in [-0.2, -0.15) is 0 Å². The lowest BCUT2D eigenvalue weighted by molar-refractivity contribution is 0.200. The third-order valence-electron chi connectivity index (χ3n) is 4.42. The van der Waals surface area contributed by atoms with Gasteiger partial charge in [0.1, 0.15) is 0 Å². The third-order valence-corrected chi connectivity index (χ3v) is 6.17. The van der Waals surface area contributed by atoms with Gasteiger partial charge in [-0.1, -0.05) is 0 Å². The minimum absolute atomic E-state index is 0.183. The van der Waals surface area contributed by atoms with Crippen molar-refractivity contribution in [2.24, 2.45) is 0 Å². The van der Waals surface area contributed by atoms with E-state index in [1.807, 2.05) is 12.1 Å². The van der Waals surface area contributed by atoms with E-state index in [1.54, 1.807) is 0 Å². The molecule has 0 aliphatic carbocycles. The molecule has 10 heteroatoms. The van der Waals surface area contributed by atoms with Crippen LogP contribution in [0.2, 0.25) is 0 Å². The molecule has 4 rings (SSSR count). The summed E-state index contributed by atoms with van der Waals surface area (Å²) in [5.41, 5.74) is 0.624. The summed E-state index contributed by atoms with van der Waals surface area (Å²) in [4.78, 5) is 4.47. The lowest BCUT2D eigenvalue weighted by atomic mass is 10.2. The number of piperazine rings is 1. The molecule has 2 fully saturated rings. The molecule has 1 atom stereocenters. The van der Waals surface area contributed by atoms with E-state index in [2.05, 4.69) is 30.4 Å². The van der Waals surface area contributed by atoms with Crippen LogP contribution in [-0.4, -0.2) is 82.3 Å². The number of tetrazole rings is 1. The van der Waals surface area contributed by atoms with Crippen molar-refractivity contribution < 1.29 is 8.42 Å². The minimum Gasteiger partial charge on any atom is -0.353 e. The van der Waals surface area contributed by atoms with Crippen LogP contribution in [0.15, 0.2) is 12.1 Å². The highest BCUT2D eigenvalue weighted by Gasteiger charge is 2.33. The Bertz CT molecular complexity index is 782. The molecule has 0 bridgehead atoms. The summed E-state index contributed by atoms with van der Waals surface area (Å²) in [5.74, 6) is 1.48. The fourth-order valence-corrected chi connectivity index (χ4v) is 4.95. The SMILES string of the molecule is O=S1(=O)CCC(N2CCN(c3ccc4nnnn4n3)CC2)C1. The summed E-state index contributed by atoms with van der Waals surface area (Å²) in [6.07, 6.45) is 0.761. The number of sulfone groups is 1. The topological polar surface area (TPSA) is 96.6 Å². The van der Waals surface area contributed by atoms with Gasteiger partial charge in [0.05, 0.1) is 11.5 Å². The van der Waals surface area contributed by atoms with Gasteiger partial charge in [0, 0.05) is 32.2 Å². The van der Waals surface area contributed by atoms with Crippen molar-refractivity contribution in [2.75, 3.05) is 42.6 Å². The minimum atomic E-state index is -2.82. The normalized spacial score (nSPS) is 25.8. The molecule has 0 saturated carbocycles. The van der Waals surface area contributed by atoms with Crippen molar-refractivity contribution in [3.8, 4) is 0 Å². The first-order chi connectivity index (χ1) is 10.6. The number of hydrogen-bond donors (Lipinski definition) is 0. The van der Waals surface area contributed by atoms with Gasteiger partial charge < -0.3 is 4.90 Å². The molecule has 4 heterocycles. The average Bonchev–Trinajstić information content (AvgIpc) is 3.12. The van der Waals surface area contributed by atoms with Gasteiger partial charge >= 0.3 is 0 Å². The molecular formula is C12H17N7O2S. The van der Waals surface area contributed by atoms with Crippen LogP contribution in [0.4, 0.5) is 5.82 Å². The molecule has 0 N–H and O–H groups in total. The summed E-state index contributed by atoms with van der Waals surface area (Å²) in [6, 6.07) is 3.95. The highest BCUT2D eigenvalue weighted by molar-refractivity contribution is 7.91. The lowest BCUT2D eigenvalue weighted by Crippen LogP contribution is -2.51. The molecule has 0 spiro atoms. The first-order valence-corrected chi connectivity index (χ1v) is 9.18. The quantitative estimate of drug-likeness (QED) is 0.682. The summed E-state index contributed by atoms with van der Waals surface area (Å²) >= 11 is 0. The molecule has 118 valence electrons. The Hall–Kier alpha value is -1.81. The Kier molecular flexibility index (Phi) is 3.22. The molecule has 2 saturated heterocycles. The van der Waals surface area contributed by atoms with Crippen molar-refractivity contribution in [3.63, 3.8) is 0 Å². The molecular weight excluding hydrogens is 306 g/mol. The van der Waals surface area contributed by atoms with E-state index >= 15 is 0 Å². The van der Waals surface area contributed by atoms with Gasteiger partial charge in [-0.3, -0.25) is 4.90 Å². The maximum absolute atomic E-state index is 11.6. The lowest BCUT2D eigenvalue weighted by Gasteiger charge is -2.38. The van der Waals surface area contributed by atoms with Gasteiger partial charge in [-0.15, -0.1) is 14.8 Å². The maximum Gasteiger partial charge on any atom is 0.200 e. The molecule has 0 amide bonds. The number of fused-ring (bicyclic) bond motifs is 1. The first-order valence-electron chi connectivity index (χ1n) is 7.36. The number of anilines is 1. The largest absolute Gasteiger partial charge is 0.353 e. The van der Waals surface area contributed by atoms with Crippen LogP contribution in [-0.2, 0) is 9.84 Å². The van der Waals surface area contributed by atoms with Gasteiger partial charge in [0.15, 0.2) is 21.3 Å². The van der Waals surface area contributed by atoms with E-state index in [4.69, 9.17) is 0 Å². The molecule has 2 aliphatic rings. The summed E-state index contributed by atoms with van der Waals surface area (Å²) in [5, 5.41) is 15.6. The number of hydrogen-bond acceptors (Lipinski definition) is 8. The van der Waals surface area contributed by atoms with Crippen molar-refractivity contribution in [3.05, 3.63) is 12.1 Å². The Morgan fingerprint density at radius 1 is 1.14 bits per heavy atom. The van der Waals surface area contributed by atoms with Crippen molar-refractivity contribution in [1.29, 1.82) is 0 Å². The predicted octanol–water partition coefficient (Wildman–Crippen LogP) is -1.17. The standard InChI is InChI=1S/C12H17N7O2S/c20-22(21)8-3-10(9-22)17-4-6-18(7-5-17)12-2-1-11-13-15-16-19(11)14-12/h1-2,10H,3-9H2. The fraction of sp³-hybridized carbons (Fsp3) is 0.667. The van der Waals surface area contributed by atoms with Crippen LogP contribution in [0.1, 0.15) is 6.42 Å². The zero-order valence-electron chi connectivity index (χ0n) is 12.0. The van der Waals surface area contributed by atoms with E-state index in [1.165, 1.54) is 4.63 Å². The Balaban J connectivity index is 1.43. The van der Waals surface area contributed by atoms with Gasteiger partial charge in [-0.25, -0.2) is 8.42 Å².